The fourth-order valence-electron chi connectivity index (χ4n) is 10.00. The van der Waals surface area contributed by atoms with Gasteiger partial charge in [-0.25, -0.2) is 4.67 Å². The number of para-hydroxylation sites is 2. The van der Waals surface area contributed by atoms with Gasteiger partial charge >= 0.3 is 0 Å². The second kappa shape index (κ2) is 19.5. The zero-order chi connectivity index (χ0) is 46.1. The predicted molar refractivity (Wildman–Crippen MR) is 274 cm³/mol. The van der Waals surface area contributed by atoms with Crippen molar-refractivity contribution in [3.63, 3.8) is 0 Å². The van der Waals surface area contributed by atoms with Crippen LogP contribution >= 0.6 is 8.53 Å². The van der Waals surface area contributed by atoms with E-state index >= 15 is 0 Å². The molecule has 0 saturated carbocycles. The number of fused-ring (bicyclic) bond motifs is 4. The SMILES string of the molecule is Cc1cc(-c2c3cc/c(=[N+]4/CCc5ccccc54)cc-3oc3cc(N4CCc5ccccc54)ccc23)ccc1N(C)c1ccc(N(C)CCOP(OCCC#N)N(C(C)C)C(C)C)cc1C. The molecule has 9 rings (SSSR count). The quantitative estimate of drug-likeness (QED) is 0.0436. The van der Waals surface area contributed by atoms with Crippen LogP contribution < -0.4 is 24.6 Å². The first kappa shape index (κ1) is 45.2. The number of hydrogen-bond acceptors (Lipinski definition) is 8. The molecular formula is C56H62N6O3P+. The lowest BCUT2D eigenvalue weighted by Crippen LogP contribution is -2.34. The number of nitrogens with zero attached hydrogens (tertiary/aromatic N) is 6. The van der Waals surface area contributed by atoms with Crippen molar-refractivity contribution in [3.8, 4) is 28.5 Å². The van der Waals surface area contributed by atoms with Crippen molar-refractivity contribution in [2.24, 2.45) is 0 Å². The Hall–Kier alpha value is -6.01. The van der Waals surface area contributed by atoms with Gasteiger partial charge in [-0.1, -0.05) is 42.5 Å². The summed E-state index contributed by atoms with van der Waals surface area (Å²) in [6.07, 6.45) is 2.41. The molecule has 0 aromatic heterocycles. The van der Waals surface area contributed by atoms with Crippen molar-refractivity contribution in [1.82, 2.24) is 9.25 Å². The molecule has 66 heavy (non-hydrogen) atoms. The van der Waals surface area contributed by atoms with Gasteiger partial charge in [0.2, 0.25) is 11.0 Å². The van der Waals surface area contributed by atoms with Gasteiger partial charge in [-0.2, -0.15) is 9.84 Å². The van der Waals surface area contributed by atoms with Gasteiger partial charge < -0.3 is 28.2 Å². The van der Waals surface area contributed by atoms with E-state index in [1.165, 1.54) is 39.2 Å². The first-order valence-corrected chi connectivity index (χ1v) is 24.6. The molecule has 0 saturated heterocycles. The lowest BCUT2D eigenvalue weighted by molar-refractivity contribution is 0.179. The number of aryl methyl sites for hydroxylation is 2. The molecule has 1 atom stereocenters. The van der Waals surface area contributed by atoms with Gasteiger partial charge in [0.15, 0.2) is 6.54 Å². The highest BCUT2D eigenvalue weighted by Gasteiger charge is 2.29. The van der Waals surface area contributed by atoms with Gasteiger partial charge in [-0.15, -0.1) is 0 Å². The highest BCUT2D eigenvalue weighted by Crippen LogP contribution is 2.47. The predicted octanol–water partition coefficient (Wildman–Crippen LogP) is 12.7. The molecule has 0 radical (unpaired) electrons. The molecule has 5 aromatic rings. The summed E-state index contributed by atoms with van der Waals surface area (Å²) >= 11 is 0. The lowest BCUT2D eigenvalue weighted by atomic mass is 9.92. The molecule has 0 spiro atoms. The molecule has 5 aromatic carbocycles. The zero-order valence-corrected chi connectivity index (χ0v) is 40.6. The molecule has 3 heterocycles. The van der Waals surface area contributed by atoms with Crippen LogP contribution in [0, 0.1) is 25.2 Å². The van der Waals surface area contributed by atoms with Crippen LogP contribution in [0.4, 0.5) is 34.1 Å². The third-order valence-electron chi connectivity index (χ3n) is 13.2. The molecule has 4 aliphatic rings. The average molecular weight is 898 g/mol. The Labute approximate surface area is 392 Å². The minimum absolute atomic E-state index is 0.262. The van der Waals surface area contributed by atoms with Crippen LogP contribution in [-0.4, -0.2) is 63.7 Å². The summed E-state index contributed by atoms with van der Waals surface area (Å²) in [4.78, 5) is 6.95. The molecule has 338 valence electrons. The Kier molecular flexibility index (Phi) is 13.3. The van der Waals surface area contributed by atoms with Crippen molar-refractivity contribution in [2.75, 3.05) is 61.6 Å². The Morgan fingerprint density at radius 1 is 0.773 bits per heavy atom. The van der Waals surface area contributed by atoms with Crippen molar-refractivity contribution in [3.05, 3.63) is 149 Å². The fraction of sp³-hybridized carbons (Fsp3) is 0.321. The van der Waals surface area contributed by atoms with E-state index in [0.29, 0.717) is 26.2 Å². The molecule has 9 nitrogen and oxygen atoms in total. The minimum atomic E-state index is -1.28. The lowest BCUT2D eigenvalue weighted by Gasteiger charge is -2.36. The van der Waals surface area contributed by atoms with Crippen LogP contribution in [0.1, 0.15) is 56.4 Å². The van der Waals surface area contributed by atoms with Crippen molar-refractivity contribution < 1.29 is 13.5 Å². The second-order valence-corrected chi connectivity index (χ2v) is 19.7. The third-order valence-corrected chi connectivity index (χ3v) is 15.3. The van der Waals surface area contributed by atoms with Crippen molar-refractivity contribution in [2.45, 2.75) is 72.9 Å². The van der Waals surface area contributed by atoms with Gasteiger partial charge in [-0.3, -0.25) is 0 Å². The standard InChI is InChI=1S/C56H62N6O3P/c1-38(2)62(39(3)4)66(63-32-13-28-57)64-33-31-58(7)45-21-25-51(41(6)35-45)59(8)50-24-18-44(34-40(50)5)56-48-22-19-46(60-29-26-42-14-9-11-16-52(42)60)36-54(48)65-55-37-47(20-23-49(55)56)61-30-27-43-15-10-12-17-53(43)61/h9-12,14-25,34-39H,13,26-27,29-33H2,1-8H3/q+1. The Morgan fingerprint density at radius 3 is 2.26 bits per heavy atom. The third kappa shape index (κ3) is 8.96. The van der Waals surface area contributed by atoms with E-state index in [9.17, 15) is 0 Å². The van der Waals surface area contributed by atoms with Gasteiger partial charge in [0, 0.05) is 114 Å². The Morgan fingerprint density at radius 2 is 1.50 bits per heavy atom. The molecule has 10 heteroatoms. The molecule has 0 fully saturated rings. The smallest absolute Gasteiger partial charge is 0.259 e. The molecule has 0 bridgehead atoms. The number of benzene rings is 6. The summed E-state index contributed by atoms with van der Waals surface area (Å²) < 4.78 is 24.2. The summed E-state index contributed by atoms with van der Waals surface area (Å²) in [5.74, 6) is 0.877. The van der Waals surface area contributed by atoms with Crippen molar-refractivity contribution >= 4 is 53.6 Å². The highest BCUT2D eigenvalue weighted by molar-refractivity contribution is 7.44. The maximum absolute atomic E-state index is 9.10. The Bertz CT molecular complexity index is 2960. The zero-order valence-electron chi connectivity index (χ0n) is 39.7. The van der Waals surface area contributed by atoms with E-state index in [0.717, 1.165) is 81.9 Å². The minimum Gasteiger partial charge on any atom is -0.456 e. The Balaban J connectivity index is 1.01. The largest absolute Gasteiger partial charge is 0.456 e. The second-order valence-electron chi connectivity index (χ2n) is 18.2. The molecule has 0 amide bonds. The first-order chi connectivity index (χ1) is 32.0. The molecule has 0 N–H and O–H groups in total. The van der Waals surface area contributed by atoms with E-state index in [2.05, 4.69) is 207 Å². The summed E-state index contributed by atoms with van der Waals surface area (Å²) in [6.45, 7) is 16.5. The van der Waals surface area contributed by atoms with E-state index in [-0.39, 0.29) is 12.1 Å². The monoisotopic (exact) mass is 897 g/mol. The number of hydrogen-bond donors (Lipinski definition) is 0. The number of likely N-dealkylation sites (N-methyl/N-ethyl adjacent to an activating group) is 1. The summed E-state index contributed by atoms with van der Waals surface area (Å²) in [7, 11) is 2.99. The average Bonchev–Trinajstić information content (AvgIpc) is 3.95. The van der Waals surface area contributed by atoms with Crippen LogP contribution in [0.5, 0.6) is 0 Å². The first-order valence-electron chi connectivity index (χ1n) is 23.4. The van der Waals surface area contributed by atoms with Crippen LogP contribution in [0.2, 0.25) is 0 Å². The molecule has 1 unspecified atom stereocenters. The number of anilines is 5. The molecule has 1 aliphatic carbocycles. The van der Waals surface area contributed by atoms with E-state index < -0.39 is 8.53 Å². The van der Waals surface area contributed by atoms with Gasteiger partial charge in [-0.05, 0) is 125 Å². The van der Waals surface area contributed by atoms with Crippen molar-refractivity contribution in [1.29, 1.82) is 5.26 Å². The van der Waals surface area contributed by atoms with Crippen LogP contribution in [-0.2, 0) is 21.9 Å². The molecule has 3 aliphatic heterocycles. The fourth-order valence-corrected chi connectivity index (χ4v) is 11.6. The number of nitriles is 1. The maximum atomic E-state index is 9.10. The number of rotatable bonds is 15. The van der Waals surface area contributed by atoms with Gasteiger partial charge in [0.1, 0.15) is 11.3 Å². The highest BCUT2D eigenvalue weighted by atomic mass is 31.2. The van der Waals surface area contributed by atoms with E-state index in [1.807, 2.05) is 0 Å². The van der Waals surface area contributed by atoms with Crippen LogP contribution in [0.25, 0.3) is 33.4 Å². The van der Waals surface area contributed by atoms with E-state index in [1.54, 1.807) is 0 Å². The molecular weight excluding hydrogens is 836 g/mol. The topological polar surface area (TPSA) is 71.4 Å². The summed E-state index contributed by atoms with van der Waals surface area (Å²) in [6, 6.07) is 47.2. The van der Waals surface area contributed by atoms with Gasteiger partial charge in [0.05, 0.1) is 31.8 Å². The summed E-state index contributed by atoms with van der Waals surface area (Å²) in [5.41, 5.74) is 16.6. The normalized spacial score (nSPS) is 14.7. The van der Waals surface area contributed by atoms with Gasteiger partial charge in [0.25, 0.3) is 8.53 Å². The van der Waals surface area contributed by atoms with Crippen LogP contribution in [0.15, 0.2) is 126 Å². The maximum Gasteiger partial charge on any atom is 0.259 e. The van der Waals surface area contributed by atoms with E-state index in [4.69, 9.17) is 18.7 Å². The summed E-state index contributed by atoms with van der Waals surface area (Å²) in [5, 5.41) is 11.3. The van der Waals surface area contributed by atoms with Crippen LogP contribution in [0.3, 0.4) is 0 Å².